The SMILES string of the molecule is CCOC1CC2NCC(C#N)C(NC3CCC(OCC4NCCCC4C)C(OC)C3)C2CC1NC(=O)CCCN(C)C. The third-order valence-corrected chi connectivity index (χ3v) is 10.3. The van der Waals surface area contributed by atoms with Gasteiger partial charge in [-0.1, -0.05) is 6.92 Å². The van der Waals surface area contributed by atoms with Crippen LogP contribution in [0, 0.1) is 29.1 Å². The van der Waals surface area contributed by atoms with E-state index in [9.17, 15) is 10.1 Å². The lowest BCUT2D eigenvalue weighted by Gasteiger charge is -2.50. The van der Waals surface area contributed by atoms with E-state index in [0.717, 1.165) is 58.2 Å². The van der Waals surface area contributed by atoms with Crippen LogP contribution in [0.3, 0.4) is 0 Å². The minimum atomic E-state index is -0.125. The van der Waals surface area contributed by atoms with Crippen LogP contribution >= 0.6 is 0 Å². The highest BCUT2D eigenvalue weighted by molar-refractivity contribution is 5.76. The molecule has 11 atom stereocenters. The van der Waals surface area contributed by atoms with Gasteiger partial charge in [-0.15, -0.1) is 0 Å². The highest BCUT2D eigenvalue weighted by Gasteiger charge is 2.47. The van der Waals surface area contributed by atoms with E-state index in [1.165, 1.54) is 12.8 Å². The minimum Gasteiger partial charge on any atom is -0.379 e. The normalized spacial score (nSPS) is 38.9. The van der Waals surface area contributed by atoms with Crippen molar-refractivity contribution in [2.45, 2.75) is 120 Å². The van der Waals surface area contributed by atoms with Gasteiger partial charge in [-0.25, -0.2) is 0 Å². The molecule has 0 aromatic carbocycles. The van der Waals surface area contributed by atoms with Gasteiger partial charge >= 0.3 is 0 Å². The van der Waals surface area contributed by atoms with E-state index in [2.05, 4.69) is 39.2 Å². The zero-order chi connectivity index (χ0) is 30.1. The second-order valence-electron chi connectivity index (χ2n) is 13.5. The van der Waals surface area contributed by atoms with E-state index in [1.807, 2.05) is 21.0 Å². The average Bonchev–Trinajstić information content (AvgIpc) is 2.97. The number of methoxy groups -OCH3 is 1. The Bertz CT molecular complexity index is 870. The van der Waals surface area contributed by atoms with Gasteiger partial charge in [0.2, 0.25) is 5.91 Å². The number of carbonyl (C=O) groups excluding carboxylic acids is 1. The molecule has 240 valence electrons. The van der Waals surface area contributed by atoms with Gasteiger partial charge in [0.25, 0.3) is 0 Å². The van der Waals surface area contributed by atoms with Gasteiger partial charge in [0, 0.05) is 50.8 Å². The zero-order valence-corrected chi connectivity index (χ0v) is 26.8. The molecule has 0 radical (unpaired) electrons. The van der Waals surface area contributed by atoms with Gasteiger partial charge in [0.05, 0.1) is 42.9 Å². The van der Waals surface area contributed by atoms with Crippen molar-refractivity contribution in [2.24, 2.45) is 17.8 Å². The summed E-state index contributed by atoms with van der Waals surface area (Å²) in [6.45, 7) is 8.34. The highest BCUT2D eigenvalue weighted by atomic mass is 16.5. The molecule has 11 unspecified atom stereocenters. The van der Waals surface area contributed by atoms with Crippen molar-refractivity contribution in [1.82, 2.24) is 26.2 Å². The largest absolute Gasteiger partial charge is 0.379 e. The molecule has 0 bridgehead atoms. The molecule has 42 heavy (non-hydrogen) atoms. The predicted octanol–water partition coefficient (Wildman–Crippen LogP) is 2.04. The molecule has 0 aromatic rings. The number of hydrogen-bond donors (Lipinski definition) is 4. The predicted molar refractivity (Wildman–Crippen MR) is 164 cm³/mol. The molecule has 4 fully saturated rings. The van der Waals surface area contributed by atoms with Gasteiger partial charge < -0.3 is 40.4 Å². The quantitative estimate of drug-likeness (QED) is 0.255. The lowest BCUT2D eigenvalue weighted by molar-refractivity contribution is -0.124. The minimum absolute atomic E-state index is 0.0207. The number of nitrogens with zero attached hydrogens (tertiary/aromatic N) is 2. The van der Waals surface area contributed by atoms with E-state index >= 15 is 0 Å². The number of nitrogens with one attached hydrogen (secondary N) is 4. The van der Waals surface area contributed by atoms with Crippen molar-refractivity contribution in [3.63, 3.8) is 0 Å². The third kappa shape index (κ3) is 9.10. The summed E-state index contributed by atoms with van der Waals surface area (Å²) in [6.07, 6.45) is 8.45. The Morgan fingerprint density at radius 2 is 1.90 bits per heavy atom. The summed E-state index contributed by atoms with van der Waals surface area (Å²) >= 11 is 0. The smallest absolute Gasteiger partial charge is 0.220 e. The van der Waals surface area contributed by atoms with E-state index in [-0.39, 0.29) is 60.2 Å². The number of hydrogen-bond acceptors (Lipinski definition) is 9. The summed E-state index contributed by atoms with van der Waals surface area (Å²) < 4.78 is 18.6. The topological polar surface area (TPSA) is 120 Å². The van der Waals surface area contributed by atoms with Crippen LogP contribution in [0.15, 0.2) is 0 Å². The van der Waals surface area contributed by atoms with Gasteiger partial charge in [0.15, 0.2) is 0 Å². The lowest BCUT2D eigenvalue weighted by Crippen LogP contribution is -2.66. The van der Waals surface area contributed by atoms with Crippen LogP contribution in [0.25, 0.3) is 0 Å². The second kappa shape index (κ2) is 16.7. The molecule has 4 N–H and O–H groups in total. The number of fused-ring (bicyclic) bond motifs is 1. The lowest BCUT2D eigenvalue weighted by atomic mass is 9.69. The molecule has 0 aromatic heterocycles. The highest BCUT2D eigenvalue weighted by Crippen LogP contribution is 2.36. The third-order valence-electron chi connectivity index (χ3n) is 10.3. The fourth-order valence-corrected chi connectivity index (χ4v) is 7.81. The van der Waals surface area contributed by atoms with E-state index in [4.69, 9.17) is 14.2 Å². The maximum atomic E-state index is 12.9. The van der Waals surface area contributed by atoms with Crippen molar-refractivity contribution in [3.8, 4) is 6.07 Å². The Hall–Kier alpha value is -1.32. The molecule has 4 rings (SSSR count). The number of carbonyl (C=O) groups is 1. The fourth-order valence-electron chi connectivity index (χ4n) is 7.81. The molecule has 2 saturated heterocycles. The summed E-state index contributed by atoms with van der Waals surface area (Å²) in [5, 5.41) is 24.7. The summed E-state index contributed by atoms with van der Waals surface area (Å²) in [7, 11) is 5.86. The molecule has 0 spiro atoms. The van der Waals surface area contributed by atoms with Gasteiger partial charge in [-0.3, -0.25) is 4.79 Å². The van der Waals surface area contributed by atoms with Crippen molar-refractivity contribution >= 4 is 5.91 Å². The molecule has 2 heterocycles. The Labute approximate surface area is 254 Å². The van der Waals surface area contributed by atoms with Gasteiger partial charge in [0.1, 0.15) is 0 Å². The second-order valence-corrected chi connectivity index (χ2v) is 13.5. The van der Waals surface area contributed by atoms with Crippen LogP contribution in [0.5, 0.6) is 0 Å². The molecule has 2 saturated carbocycles. The van der Waals surface area contributed by atoms with Crippen LogP contribution in [0.1, 0.15) is 71.6 Å². The maximum absolute atomic E-state index is 12.9. The first-order chi connectivity index (χ1) is 20.3. The molecule has 4 aliphatic rings. The molecule has 2 aliphatic heterocycles. The summed E-state index contributed by atoms with van der Waals surface area (Å²) in [5.41, 5.74) is 0. The Morgan fingerprint density at radius 3 is 2.62 bits per heavy atom. The monoisotopic (exact) mass is 590 g/mol. The van der Waals surface area contributed by atoms with Gasteiger partial charge in [-0.05, 0) is 97.3 Å². The Morgan fingerprint density at radius 1 is 1.07 bits per heavy atom. The standard InChI is InChI=1S/C32H58N6O4/c1-6-41-29-17-25-24(16-26(29)37-31(39)10-8-14-38(3)4)32(22(18-33)19-35-25)36-23-11-12-28(30(15-23)40-5)42-20-27-21(2)9-7-13-34-27/h21-30,32,34-36H,6-17,19-20H2,1-5H3,(H,37,39). The van der Waals surface area contributed by atoms with Crippen LogP contribution < -0.4 is 21.3 Å². The first kappa shape index (κ1) is 33.6. The van der Waals surface area contributed by atoms with Crippen molar-refractivity contribution in [2.75, 3.05) is 54.1 Å². The summed E-state index contributed by atoms with van der Waals surface area (Å²) in [5.74, 6) is 0.841. The maximum Gasteiger partial charge on any atom is 0.220 e. The number of ether oxygens (including phenoxy) is 3. The number of rotatable bonds is 13. The molecule has 10 nitrogen and oxygen atoms in total. The summed E-state index contributed by atoms with van der Waals surface area (Å²) in [4.78, 5) is 15.0. The Balaban J connectivity index is 1.37. The molecular weight excluding hydrogens is 532 g/mol. The Kier molecular flexibility index (Phi) is 13.3. The molecule has 10 heteroatoms. The number of amides is 1. The number of nitriles is 1. The average molecular weight is 591 g/mol. The van der Waals surface area contributed by atoms with E-state index < -0.39 is 0 Å². The summed E-state index contributed by atoms with van der Waals surface area (Å²) in [6, 6.07) is 3.55. The zero-order valence-electron chi connectivity index (χ0n) is 26.8. The molecule has 1 amide bonds. The first-order valence-electron chi connectivity index (χ1n) is 16.6. The van der Waals surface area contributed by atoms with Crippen molar-refractivity contribution in [1.29, 1.82) is 5.26 Å². The van der Waals surface area contributed by atoms with E-state index in [1.54, 1.807) is 7.11 Å². The van der Waals surface area contributed by atoms with Crippen LogP contribution in [-0.4, -0.2) is 113 Å². The van der Waals surface area contributed by atoms with Crippen LogP contribution in [0.4, 0.5) is 0 Å². The van der Waals surface area contributed by atoms with Crippen LogP contribution in [-0.2, 0) is 19.0 Å². The molecular formula is C32H58N6O4. The van der Waals surface area contributed by atoms with Crippen LogP contribution in [0.2, 0.25) is 0 Å². The van der Waals surface area contributed by atoms with E-state index in [0.29, 0.717) is 31.5 Å². The molecule has 2 aliphatic carbocycles. The first-order valence-corrected chi connectivity index (χ1v) is 16.6. The number of piperidine rings is 2. The fraction of sp³-hybridized carbons (Fsp3) is 0.938. The van der Waals surface area contributed by atoms with Crippen molar-refractivity contribution < 1.29 is 19.0 Å². The van der Waals surface area contributed by atoms with Gasteiger partial charge in [-0.2, -0.15) is 5.26 Å². The van der Waals surface area contributed by atoms with Crippen molar-refractivity contribution in [3.05, 3.63) is 0 Å².